The van der Waals surface area contributed by atoms with E-state index in [9.17, 15) is 4.79 Å². The van der Waals surface area contributed by atoms with Crippen LogP contribution in [0.25, 0.3) is 32.9 Å². The third kappa shape index (κ3) is 4.78. The number of hydrogen-bond acceptors (Lipinski definition) is 7. The van der Waals surface area contributed by atoms with E-state index in [1.165, 1.54) is 7.11 Å². The number of hydrogen-bond donors (Lipinski definition) is 0. The highest BCUT2D eigenvalue weighted by molar-refractivity contribution is 6.36. The molecule has 2 aromatic heterocycles. The molecule has 5 rings (SSSR count). The number of rotatable bonds is 4. The third-order valence-corrected chi connectivity index (χ3v) is 6.95. The van der Waals surface area contributed by atoms with Crippen LogP contribution in [0.1, 0.15) is 27.2 Å². The average Bonchev–Trinajstić information content (AvgIpc) is 3.38. The van der Waals surface area contributed by atoms with Crippen molar-refractivity contribution in [3.8, 4) is 17.3 Å². The molecule has 0 N–H and O–H groups in total. The van der Waals surface area contributed by atoms with Crippen LogP contribution in [-0.4, -0.2) is 64.8 Å². The van der Waals surface area contributed by atoms with Crippen molar-refractivity contribution in [3.05, 3.63) is 53.4 Å². The van der Waals surface area contributed by atoms with E-state index in [1.54, 1.807) is 23.2 Å². The van der Waals surface area contributed by atoms with Gasteiger partial charge in [-0.3, -0.25) is 4.98 Å². The molecule has 0 saturated carbocycles. The van der Waals surface area contributed by atoms with Gasteiger partial charge in [0.1, 0.15) is 22.6 Å². The minimum atomic E-state index is -0.591. The molecule has 3 heterocycles. The Morgan fingerprint density at radius 3 is 2.63 bits per heavy atom. The Bertz CT molecular complexity index is 1540. The number of amides is 1. The highest BCUT2D eigenvalue weighted by atomic mass is 35.5. The lowest BCUT2D eigenvalue weighted by Gasteiger charge is -2.28. The second kappa shape index (κ2) is 9.87. The number of likely N-dealkylation sites (N-methyl/N-ethyl adjacent to an activating group) is 1. The van der Waals surface area contributed by atoms with E-state index in [0.29, 0.717) is 46.7 Å². The van der Waals surface area contributed by atoms with Crippen LogP contribution in [-0.2, 0) is 4.74 Å². The molecule has 2 aromatic carbocycles. The normalized spacial score (nSPS) is 15.8. The second-order valence-corrected chi connectivity index (χ2v) is 10.7. The summed E-state index contributed by atoms with van der Waals surface area (Å²) in [5.41, 5.74) is 0.230. The molecule has 1 saturated heterocycles. The molecular weight excluding hydrogens is 509 g/mol. The van der Waals surface area contributed by atoms with Gasteiger partial charge in [0.2, 0.25) is 0 Å². The molecule has 8 nitrogen and oxygen atoms in total. The van der Waals surface area contributed by atoms with Gasteiger partial charge in [-0.15, -0.1) is 0 Å². The van der Waals surface area contributed by atoms with E-state index in [-0.39, 0.29) is 29.4 Å². The number of anilines is 1. The summed E-state index contributed by atoms with van der Waals surface area (Å²) < 4.78 is 27.0. The monoisotopic (exact) mass is 537 g/mol. The molecule has 0 radical (unpaired) electrons. The summed E-state index contributed by atoms with van der Waals surface area (Å²) in [5.74, 6) is -0.121. The number of aromatic nitrogens is 3. The molecule has 10 heteroatoms. The van der Waals surface area contributed by atoms with Gasteiger partial charge in [-0.2, -0.15) is 9.97 Å². The first-order valence-electron chi connectivity index (χ1n) is 12.4. The molecule has 1 amide bonds. The van der Waals surface area contributed by atoms with Crippen molar-refractivity contribution in [3.63, 3.8) is 0 Å². The first-order chi connectivity index (χ1) is 18.1. The van der Waals surface area contributed by atoms with Gasteiger partial charge in [0.15, 0.2) is 5.82 Å². The van der Waals surface area contributed by atoms with Gasteiger partial charge >= 0.3 is 12.1 Å². The summed E-state index contributed by atoms with van der Waals surface area (Å²) >= 11 is 6.50. The zero-order valence-corrected chi connectivity index (χ0v) is 22.7. The number of ether oxygens (including phenoxy) is 2. The number of methoxy groups -OCH3 is 1. The molecule has 0 bridgehead atoms. The summed E-state index contributed by atoms with van der Waals surface area (Å²) in [6.07, 6.45) is 1.92. The van der Waals surface area contributed by atoms with Crippen LogP contribution in [0.5, 0.6) is 6.01 Å². The number of nitrogens with zero attached hydrogens (tertiary/aromatic N) is 5. The molecular formula is C28H29ClFN5O3. The molecule has 0 aliphatic carbocycles. The zero-order valence-electron chi connectivity index (χ0n) is 22.0. The molecule has 38 heavy (non-hydrogen) atoms. The fourth-order valence-electron chi connectivity index (χ4n) is 4.79. The van der Waals surface area contributed by atoms with Crippen molar-refractivity contribution in [2.24, 2.45) is 0 Å². The molecule has 1 atom stereocenters. The summed E-state index contributed by atoms with van der Waals surface area (Å²) in [6, 6.07) is 11.1. The number of carbonyl (C=O) groups excluding carboxylic acids is 1. The van der Waals surface area contributed by atoms with Crippen LogP contribution in [0.3, 0.4) is 0 Å². The van der Waals surface area contributed by atoms with Gasteiger partial charge in [-0.1, -0.05) is 41.9 Å². The molecule has 198 valence electrons. The Morgan fingerprint density at radius 2 is 1.92 bits per heavy atom. The minimum absolute atomic E-state index is 0.0355. The Kier molecular flexibility index (Phi) is 6.73. The van der Waals surface area contributed by atoms with Crippen molar-refractivity contribution >= 4 is 45.2 Å². The van der Waals surface area contributed by atoms with Crippen LogP contribution >= 0.6 is 11.6 Å². The number of fused-ring (bicyclic) bond motifs is 2. The Balaban J connectivity index is 1.55. The Labute approximate surface area is 225 Å². The largest absolute Gasteiger partial charge is 0.467 e. The van der Waals surface area contributed by atoms with Gasteiger partial charge in [0.25, 0.3) is 0 Å². The number of halogens is 2. The maximum atomic E-state index is 16.1. The van der Waals surface area contributed by atoms with E-state index in [2.05, 4.69) is 15.0 Å². The number of likely N-dealkylation sites (tertiary alicyclic amines) is 1. The smallest absolute Gasteiger partial charge is 0.410 e. The molecule has 4 aromatic rings. The van der Waals surface area contributed by atoms with Gasteiger partial charge in [-0.25, -0.2) is 9.18 Å². The maximum Gasteiger partial charge on any atom is 0.410 e. The quantitative estimate of drug-likeness (QED) is 0.311. The molecule has 1 aliphatic rings. The summed E-state index contributed by atoms with van der Waals surface area (Å²) in [7, 11) is 3.30. The molecule has 1 fully saturated rings. The van der Waals surface area contributed by atoms with Crippen molar-refractivity contribution in [1.82, 2.24) is 19.9 Å². The van der Waals surface area contributed by atoms with E-state index < -0.39 is 11.4 Å². The predicted molar refractivity (Wildman–Crippen MR) is 146 cm³/mol. The third-order valence-electron chi connectivity index (χ3n) is 6.63. The van der Waals surface area contributed by atoms with Gasteiger partial charge in [0, 0.05) is 48.3 Å². The molecule has 1 unspecified atom stereocenters. The summed E-state index contributed by atoms with van der Waals surface area (Å²) in [4.78, 5) is 29.6. The lowest BCUT2D eigenvalue weighted by Crippen LogP contribution is -2.39. The van der Waals surface area contributed by atoms with E-state index in [0.717, 1.165) is 5.39 Å². The second-order valence-electron chi connectivity index (χ2n) is 10.3. The fraction of sp³-hybridized carbons (Fsp3) is 0.357. The van der Waals surface area contributed by atoms with E-state index in [1.807, 2.05) is 57.0 Å². The van der Waals surface area contributed by atoms with Gasteiger partial charge < -0.3 is 19.3 Å². The van der Waals surface area contributed by atoms with Crippen molar-refractivity contribution in [1.29, 1.82) is 0 Å². The number of carbonyl (C=O) groups is 1. The van der Waals surface area contributed by atoms with Crippen LogP contribution in [0.4, 0.5) is 15.0 Å². The van der Waals surface area contributed by atoms with Crippen molar-refractivity contribution in [2.75, 3.05) is 32.1 Å². The first kappa shape index (κ1) is 25.9. The topological polar surface area (TPSA) is 80.7 Å². The van der Waals surface area contributed by atoms with Crippen LogP contribution in [0.2, 0.25) is 5.02 Å². The lowest BCUT2D eigenvalue weighted by molar-refractivity contribution is 0.0292. The highest BCUT2D eigenvalue weighted by Gasteiger charge is 2.33. The van der Waals surface area contributed by atoms with Crippen LogP contribution in [0.15, 0.2) is 42.6 Å². The van der Waals surface area contributed by atoms with Crippen LogP contribution < -0.4 is 9.64 Å². The van der Waals surface area contributed by atoms with Crippen LogP contribution in [0, 0.1) is 5.82 Å². The lowest BCUT2D eigenvalue weighted by atomic mass is 10.0. The summed E-state index contributed by atoms with van der Waals surface area (Å²) in [6.45, 7) is 6.51. The minimum Gasteiger partial charge on any atom is -0.467 e. The summed E-state index contributed by atoms with van der Waals surface area (Å²) in [5, 5.41) is 2.55. The Morgan fingerprint density at radius 1 is 1.18 bits per heavy atom. The average molecular weight is 538 g/mol. The number of pyridine rings is 1. The maximum absolute atomic E-state index is 16.1. The van der Waals surface area contributed by atoms with Gasteiger partial charge in [-0.05, 0) is 38.6 Å². The molecule has 0 spiro atoms. The van der Waals surface area contributed by atoms with Crippen molar-refractivity contribution in [2.45, 2.75) is 38.8 Å². The predicted octanol–water partition coefficient (Wildman–Crippen LogP) is 6.09. The molecule has 1 aliphatic heterocycles. The van der Waals surface area contributed by atoms with Crippen molar-refractivity contribution < 1.29 is 18.7 Å². The zero-order chi connectivity index (χ0) is 27.2. The van der Waals surface area contributed by atoms with Gasteiger partial charge in [0.05, 0.1) is 12.5 Å². The SMILES string of the molecule is COc1nc(N(C)C2CCN(C(=O)OC(C)(C)C)C2)c2cnc(-c3cccc4cccc(Cl)c34)c(F)c2n1. The Hall–Kier alpha value is -3.72. The highest BCUT2D eigenvalue weighted by Crippen LogP contribution is 2.37. The standard InChI is InChI=1S/C28H29ClFN5O3/c1-28(2,3)38-27(36)35-13-12-17(15-35)34(4)25-19-14-31-23(22(30)24(19)32-26(33-25)37-5)18-10-6-8-16-9-7-11-20(29)21(16)18/h6-11,14,17H,12-13,15H2,1-5H3. The van der Waals surface area contributed by atoms with E-state index in [4.69, 9.17) is 21.1 Å². The van der Waals surface area contributed by atoms with E-state index >= 15 is 4.39 Å². The number of benzene rings is 2. The first-order valence-corrected chi connectivity index (χ1v) is 12.7. The fourth-order valence-corrected chi connectivity index (χ4v) is 5.07.